The molecule has 1 amide bonds. The lowest BCUT2D eigenvalue weighted by molar-refractivity contribution is -0.122. The number of carbonyl (C=O) groups is 2. The van der Waals surface area contributed by atoms with Crippen molar-refractivity contribution >= 4 is 11.7 Å². The van der Waals surface area contributed by atoms with Gasteiger partial charge in [-0.05, 0) is 66.5 Å². The first-order chi connectivity index (χ1) is 15.4. The van der Waals surface area contributed by atoms with Gasteiger partial charge in [0.1, 0.15) is 5.82 Å². The number of nitrogens with zero attached hydrogens (tertiary/aromatic N) is 2. The van der Waals surface area contributed by atoms with Gasteiger partial charge >= 0.3 is 0 Å². The number of rotatable bonds is 7. The van der Waals surface area contributed by atoms with Crippen LogP contribution >= 0.6 is 0 Å². The Morgan fingerprint density at radius 3 is 2.44 bits per heavy atom. The summed E-state index contributed by atoms with van der Waals surface area (Å²) in [6.45, 7) is 0. The van der Waals surface area contributed by atoms with E-state index in [9.17, 15) is 19.2 Å². The molecule has 2 aromatic rings. The molecule has 1 aliphatic carbocycles. The lowest BCUT2D eigenvalue weighted by Gasteiger charge is -2.22. The lowest BCUT2D eigenvalue weighted by atomic mass is 9.88. The molecular weight excluding hydrogens is 405 g/mol. The van der Waals surface area contributed by atoms with Crippen LogP contribution < -0.4 is 5.32 Å². The molecule has 1 heterocycles. The maximum Gasteiger partial charge on any atom is 0.253 e. The minimum Gasteiger partial charge on any atom is -0.345 e. The number of fused-ring (bicyclic) bond motifs is 2. The van der Waals surface area contributed by atoms with E-state index >= 15 is 0 Å². The quantitative estimate of drug-likeness (QED) is 0.717. The standard InChI is InChI=1S/C26H28FN3O2/c1-30(2)26(32)18-5-3-17(4-6-18)19-7-8-20(23(27)14-19)11-16(15-28)12-24(31)25-21-9-10-22(13-21)29-25/h3-8,14,16,21-22,25,29H,9-13H2,1-2H3/t16-,21+,22-,25+/m1/s1. The third kappa shape index (κ3) is 4.58. The van der Waals surface area contributed by atoms with Gasteiger partial charge in [-0.1, -0.05) is 24.3 Å². The summed E-state index contributed by atoms with van der Waals surface area (Å²) in [5.74, 6) is -0.548. The molecule has 32 heavy (non-hydrogen) atoms. The van der Waals surface area contributed by atoms with E-state index in [2.05, 4.69) is 11.4 Å². The Kier molecular flexibility index (Phi) is 6.38. The molecule has 5 nitrogen and oxygen atoms in total. The molecule has 2 bridgehead atoms. The van der Waals surface area contributed by atoms with Crippen LogP contribution in [-0.2, 0) is 11.2 Å². The summed E-state index contributed by atoms with van der Waals surface area (Å²) < 4.78 is 14.8. The van der Waals surface area contributed by atoms with E-state index in [1.165, 1.54) is 11.0 Å². The number of ketones is 1. The van der Waals surface area contributed by atoms with Crippen LogP contribution in [0.4, 0.5) is 4.39 Å². The second-order valence-corrected chi connectivity index (χ2v) is 9.20. The number of benzene rings is 2. The number of nitriles is 1. The van der Waals surface area contributed by atoms with E-state index in [0.29, 0.717) is 28.7 Å². The van der Waals surface area contributed by atoms with Gasteiger partial charge in [0.05, 0.1) is 18.0 Å². The van der Waals surface area contributed by atoms with Gasteiger partial charge in [-0.25, -0.2) is 4.39 Å². The molecule has 0 aromatic heterocycles. The van der Waals surface area contributed by atoms with Gasteiger partial charge in [0, 0.05) is 32.1 Å². The van der Waals surface area contributed by atoms with E-state index in [1.54, 1.807) is 44.4 Å². The second-order valence-electron chi connectivity index (χ2n) is 9.20. The van der Waals surface area contributed by atoms with E-state index in [1.807, 2.05) is 6.07 Å². The smallest absolute Gasteiger partial charge is 0.253 e. The Hall–Kier alpha value is -3.04. The third-order valence-corrected chi connectivity index (χ3v) is 6.73. The second kappa shape index (κ2) is 9.22. The molecule has 1 N–H and O–H groups in total. The summed E-state index contributed by atoms with van der Waals surface area (Å²) in [6, 6.07) is 14.5. The zero-order valence-electron chi connectivity index (χ0n) is 18.5. The average Bonchev–Trinajstić information content (AvgIpc) is 3.43. The zero-order valence-corrected chi connectivity index (χ0v) is 18.5. The van der Waals surface area contributed by atoms with Crippen LogP contribution in [0.3, 0.4) is 0 Å². The van der Waals surface area contributed by atoms with Crippen molar-refractivity contribution in [1.82, 2.24) is 10.2 Å². The Morgan fingerprint density at radius 2 is 1.88 bits per heavy atom. The largest absolute Gasteiger partial charge is 0.345 e. The summed E-state index contributed by atoms with van der Waals surface area (Å²) in [4.78, 5) is 26.2. The first kappa shape index (κ1) is 22.2. The van der Waals surface area contributed by atoms with Gasteiger partial charge < -0.3 is 10.2 Å². The van der Waals surface area contributed by atoms with E-state index in [4.69, 9.17) is 0 Å². The molecular formula is C26H28FN3O2. The number of piperidine rings is 1. The van der Waals surface area contributed by atoms with Crippen LogP contribution in [-0.4, -0.2) is 42.8 Å². The van der Waals surface area contributed by atoms with Gasteiger partial charge in [0.2, 0.25) is 0 Å². The van der Waals surface area contributed by atoms with Crippen molar-refractivity contribution in [2.75, 3.05) is 14.1 Å². The monoisotopic (exact) mass is 433 g/mol. The molecule has 6 heteroatoms. The van der Waals surface area contributed by atoms with Crippen molar-refractivity contribution in [1.29, 1.82) is 5.26 Å². The van der Waals surface area contributed by atoms with Gasteiger partial charge in [-0.15, -0.1) is 0 Å². The Balaban J connectivity index is 1.42. The molecule has 1 aliphatic heterocycles. The van der Waals surface area contributed by atoms with Crippen molar-refractivity contribution in [2.45, 2.75) is 44.2 Å². The molecule has 1 saturated carbocycles. The number of Topliss-reactive ketones (excluding diaryl/α,β-unsaturated/α-hetero) is 1. The van der Waals surface area contributed by atoms with E-state index in [0.717, 1.165) is 24.8 Å². The van der Waals surface area contributed by atoms with Crippen molar-refractivity contribution < 1.29 is 14.0 Å². The van der Waals surface area contributed by atoms with Crippen molar-refractivity contribution in [3.05, 3.63) is 59.4 Å². The number of carbonyl (C=O) groups excluding carboxylic acids is 2. The highest BCUT2D eigenvalue weighted by Crippen LogP contribution is 2.36. The Bertz CT molecular complexity index is 1060. The number of hydrogen-bond donors (Lipinski definition) is 1. The van der Waals surface area contributed by atoms with Gasteiger partial charge in [0.25, 0.3) is 5.91 Å². The van der Waals surface area contributed by atoms with Crippen molar-refractivity contribution in [3.8, 4) is 17.2 Å². The molecule has 2 aromatic carbocycles. The fraction of sp³-hybridized carbons (Fsp3) is 0.423. The first-order valence-electron chi connectivity index (χ1n) is 11.1. The van der Waals surface area contributed by atoms with E-state index < -0.39 is 5.92 Å². The highest BCUT2D eigenvalue weighted by Gasteiger charge is 2.42. The predicted octanol–water partition coefficient (Wildman–Crippen LogP) is 3.98. The number of halogens is 1. The van der Waals surface area contributed by atoms with Crippen LogP contribution in [0.15, 0.2) is 42.5 Å². The minimum atomic E-state index is -0.542. The molecule has 0 radical (unpaired) electrons. The van der Waals surface area contributed by atoms with Crippen molar-refractivity contribution in [3.63, 3.8) is 0 Å². The molecule has 166 valence electrons. The SMILES string of the molecule is CN(C)C(=O)c1ccc(-c2ccc(C[C@@H](C#N)CC(=O)[C@H]3N[C@@H]4CC[C@H]3C4)c(F)c2)cc1. The fourth-order valence-electron chi connectivity index (χ4n) is 4.97. The molecule has 2 fully saturated rings. The molecule has 4 atom stereocenters. The van der Waals surface area contributed by atoms with Crippen molar-refractivity contribution in [2.24, 2.45) is 11.8 Å². The molecule has 0 unspecified atom stereocenters. The fourth-order valence-corrected chi connectivity index (χ4v) is 4.97. The molecule has 4 rings (SSSR count). The summed E-state index contributed by atoms with van der Waals surface area (Å²) in [7, 11) is 3.39. The lowest BCUT2D eigenvalue weighted by Crippen LogP contribution is -2.42. The summed E-state index contributed by atoms with van der Waals surface area (Å²) in [5.41, 5.74) is 2.52. The van der Waals surface area contributed by atoms with Crippen LogP contribution in [0, 0.1) is 29.0 Å². The number of nitrogens with one attached hydrogen (secondary N) is 1. The molecule has 0 spiro atoms. The van der Waals surface area contributed by atoms with Crippen LogP contribution in [0.2, 0.25) is 0 Å². The maximum absolute atomic E-state index is 14.8. The maximum atomic E-state index is 14.8. The number of amides is 1. The first-order valence-corrected chi connectivity index (χ1v) is 11.1. The Labute approximate surface area is 188 Å². The number of hydrogen-bond acceptors (Lipinski definition) is 4. The highest BCUT2D eigenvalue weighted by molar-refractivity contribution is 5.94. The normalized spacial score (nSPS) is 22.4. The summed E-state index contributed by atoms with van der Waals surface area (Å²) in [6.07, 6.45) is 3.62. The summed E-state index contributed by atoms with van der Waals surface area (Å²) in [5, 5.41) is 12.9. The van der Waals surface area contributed by atoms with Gasteiger partial charge in [0.15, 0.2) is 5.78 Å². The van der Waals surface area contributed by atoms with E-state index in [-0.39, 0.29) is 36.4 Å². The van der Waals surface area contributed by atoms with Gasteiger partial charge in [-0.3, -0.25) is 9.59 Å². The topological polar surface area (TPSA) is 73.2 Å². The van der Waals surface area contributed by atoms with Gasteiger partial charge in [-0.2, -0.15) is 5.26 Å². The Morgan fingerprint density at radius 1 is 1.16 bits per heavy atom. The highest BCUT2D eigenvalue weighted by atomic mass is 19.1. The predicted molar refractivity (Wildman–Crippen MR) is 120 cm³/mol. The molecule has 1 saturated heterocycles. The third-order valence-electron chi connectivity index (χ3n) is 6.73. The molecule has 2 aliphatic rings. The summed E-state index contributed by atoms with van der Waals surface area (Å²) >= 11 is 0. The van der Waals surface area contributed by atoms with Crippen LogP contribution in [0.5, 0.6) is 0 Å². The van der Waals surface area contributed by atoms with Crippen LogP contribution in [0.1, 0.15) is 41.6 Å². The zero-order chi connectivity index (χ0) is 22.8. The minimum absolute atomic E-state index is 0.0770. The van der Waals surface area contributed by atoms with Crippen LogP contribution in [0.25, 0.3) is 11.1 Å². The average molecular weight is 434 g/mol.